The van der Waals surface area contributed by atoms with Crippen LogP contribution < -0.4 is 4.74 Å². The highest BCUT2D eigenvalue weighted by atomic mass is 79.9. The first-order valence-corrected chi connectivity index (χ1v) is 8.38. The van der Waals surface area contributed by atoms with E-state index in [1.54, 1.807) is 12.0 Å². The van der Waals surface area contributed by atoms with Gasteiger partial charge in [-0.3, -0.25) is 9.59 Å². The number of hydrogen-bond donors (Lipinski definition) is 1. The third kappa shape index (κ3) is 3.28. The number of aliphatic carboxylic acids is 1. The van der Waals surface area contributed by atoms with E-state index >= 15 is 0 Å². The van der Waals surface area contributed by atoms with Crippen LogP contribution in [0.3, 0.4) is 0 Å². The lowest BCUT2D eigenvalue weighted by Gasteiger charge is -2.23. The number of methoxy groups -OCH3 is 2. The standard InChI is InChI=1S/C14H18BrNO5S/c1-7-11(15)12(21-3)13(22-7)14(19)16-6-9(20-2)4-8(16)5-10(17)18/h8-9H,4-6H2,1-3H3,(H,17,18). The maximum absolute atomic E-state index is 12.8. The number of hydrogen-bond acceptors (Lipinski definition) is 5. The fraction of sp³-hybridized carbons (Fsp3) is 0.571. The Kier molecular flexibility index (Phi) is 5.46. The number of carboxylic acids is 1. The van der Waals surface area contributed by atoms with Crippen molar-refractivity contribution in [2.75, 3.05) is 20.8 Å². The van der Waals surface area contributed by atoms with Gasteiger partial charge in [0.05, 0.1) is 24.1 Å². The van der Waals surface area contributed by atoms with Gasteiger partial charge in [0, 0.05) is 24.6 Å². The summed E-state index contributed by atoms with van der Waals surface area (Å²) in [7, 11) is 3.09. The number of carbonyl (C=O) groups excluding carboxylic acids is 1. The van der Waals surface area contributed by atoms with Crippen molar-refractivity contribution in [3.63, 3.8) is 0 Å². The normalized spacial score (nSPS) is 21.2. The van der Waals surface area contributed by atoms with Gasteiger partial charge in [0.15, 0.2) is 5.75 Å². The number of rotatable bonds is 5. The Morgan fingerprint density at radius 1 is 1.45 bits per heavy atom. The van der Waals surface area contributed by atoms with Crippen molar-refractivity contribution in [3.05, 3.63) is 14.2 Å². The Morgan fingerprint density at radius 2 is 2.14 bits per heavy atom. The van der Waals surface area contributed by atoms with Gasteiger partial charge < -0.3 is 19.5 Å². The summed E-state index contributed by atoms with van der Waals surface area (Å²) >= 11 is 4.75. The van der Waals surface area contributed by atoms with Gasteiger partial charge in [0.25, 0.3) is 5.91 Å². The highest BCUT2D eigenvalue weighted by molar-refractivity contribution is 9.10. The molecule has 1 aromatic rings. The van der Waals surface area contributed by atoms with Gasteiger partial charge in [-0.1, -0.05) is 0 Å². The van der Waals surface area contributed by atoms with Gasteiger partial charge in [0.2, 0.25) is 0 Å². The van der Waals surface area contributed by atoms with E-state index < -0.39 is 5.97 Å². The predicted molar refractivity (Wildman–Crippen MR) is 85.8 cm³/mol. The molecule has 1 fully saturated rings. The summed E-state index contributed by atoms with van der Waals surface area (Å²) in [6, 6.07) is -0.360. The maximum atomic E-state index is 12.8. The first-order chi connectivity index (χ1) is 10.4. The minimum absolute atomic E-state index is 0.0839. The number of ether oxygens (including phenoxy) is 2. The average Bonchev–Trinajstić information content (AvgIpc) is 2.99. The lowest BCUT2D eigenvalue weighted by atomic mass is 10.1. The van der Waals surface area contributed by atoms with Gasteiger partial charge in [0.1, 0.15) is 4.88 Å². The van der Waals surface area contributed by atoms with Crippen molar-refractivity contribution in [2.45, 2.75) is 31.9 Å². The van der Waals surface area contributed by atoms with Crippen molar-refractivity contribution in [1.29, 1.82) is 0 Å². The number of amides is 1. The second kappa shape index (κ2) is 6.97. The van der Waals surface area contributed by atoms with E-state index in [1.165, 1.54) is 18.4 Å². The van der Waals surface area contributed by atoms with Crippen LogP contribution in [0.5, 0.6) is 5.75 Å². The molecule has 0 bridgehead atoms. The van der Waals surface area contributed by atoms with Crippen molar-refractivity contribution < 1.29 is 24.2 Å². The summed E-state index contributed by atoms with van der Waals surface area (Å²) in [4.78, 5) is 26.9. The molecule has 1 saturated heterocycles. The van der Waals surface area contributed by atoms with Crippen LogP contribution in [0.2, 0.25) is 0 Å². The van der Waals surface area contributed by atoms with E-state index in [9.17, 15) is 9.59 Å². The second-order valence-electron chi connectivity index (χ2n) is 5.14. The zero-order valence-electron chi connectivity index (χ0n) is 12.6. The number of likely N-dealkylation sites (tertiary alicyclic amines) is 1. The molecule has 1 aliphatic rings. The quantitative estimate of drug-likeness (QED) is 0.834. The van der Waals surface area contributed by atoms with Crippen LogP contribution in [-0.2, 0) is 9.53 Å². The van der Waals surface area contributed by atoms with Crippen LogP contribution in [0.15, 0.2) is 4.47 Å². The molecule has 1 aliphatic heterocycles. The van der Waals surface area contributed by atoms with E-state index in [4.69, 9.17) is 14.6 Å². The topological polar surface area (TPSA) is 76.1 Å². The molecule has 122 valence electrons. The van der Waals surface area contributed by atoms with Gasteiger partial charge >= 0.3 is 5.97 Å². The fourth-order valence-electron chi connectivity index (χ4n) is 2.65. The minimum atomic E-state index is -0.921. The Bertz CT molecular complexity index is 588. The van der Waals surface area contributed by atoms with E-state index in [1.807, 2.05) is 6.92 Å². The van der Waals surface area contributed by atoms with E-state index in [0.717, 1.165) is 9.35 Å². The Balaban J connectivity index is 2.30. The number of nitrogens with zero attached hydrogens (tertiary/aromatic N) is 1. The molecular weight excluding hydrogens is 374 g/mol. The first kappa shape index (κ1) is 17.2. The van der Waals surface area contributed by atoms with Gasteiger partial charge in [-0.2, -0.15) is 0 Å². The molecule has 2 unspecified atom stereocenters. The molecule has 1 N–H and O–H groups in total. The first-order valence-electron chi connectivity index (χ1n) is 6.77. The van der Waals surface area contributed by atoms with Crippen LogP contribution >= 0.6 is 27.3 Å². The molecule has 1 aromatic heterocycles. The molecule has 2 rings (SSSR count). The summed E-state index contributed by atoms with van der Waals surface area (Å²) in [5.74, 6) is -0.626. The minimum Gasteiger partial charge on any atom is -0.494 e. The van der Waals surface area contributed by atoms with Gasteiger partial charge in [-0.25, -0.2) is 0 Å². The largest absolute Gasteiger partial charge is 0.494 e. The van der Waals surface area contributed by atoms with Gasteiger partial charge in [-0.05, 0) is 29.3 Å². The zero-order chi connectivity index (χ0) is 16.4. The number of carboxylic acid groups (broad SMARTS) is 1. The molecular formula is C14H18BrNO5S. The van der Waals surface area contributed by atoms with Crippen LogP contribution in [-0.4, -0.2) is 54.8 Å². The predicted octanol–water partition coefficient (Wildman–Crippen LogP) is 2.53. The Morgan fingerprint density at radius 3 is 2.68 bits per heavy atom. The molecule has 0 saturated carbocycles. The van der Waals surface area contributed by atoms with Crippen molar-refractivity contribution in [1.82, 2.24) is 4.90 Å². The van der Waals surface area contributed by atoms with Crippen LogP contribution in [0, 0.1) is 6.92 Å². The van der Waals surface area contributed by atoms with Crippen LogP contribution in [0.1, 0.15) is 27.4 Å². The highest BCUT2D eigenvalue weighted by Crippen LogP contribution is 2.40. The van der Waals surface area contributed by atoms with Gasteiger partial charge in [-0.15, -0.1) is 11.3 Å². The van der Waals surface area contributed by atoms with Crippen LogP contribution in [0.4, 0.5) is 0 Å². The zero-order valence-corrected chi connectivity index (χ0v) is 15.0. The molecule has 0 aliphatic carbocycles. The molecule has 6 nitrogen and oxygen atoms in total. The third-order valence-corrected chi connectivity index (χ3v) is 6.04. The number of carbonyl (C=O) groups is 2. The molecule has 8 heteroatoms. The maximum Gasteiger partial charge on any atom is 0.305 e. The van der Waals surface area contributed by atoms with E-state index in [-0.39, 0.29) is 24.5 Å². The summed E-state index contributed by atoms with van der Waals surface area (Å²) in [5, 5.41) is 9.04. The molecule has 1 amide bonds. The van der Waals surface area contributed by atoms with Crippen LogP contribution in [0.25, 0.3) is 0 Å². The van der Waals surface area contributed by atoms with E-state index in [2.05, 4.69) is 15.9 Å². The lowest BCUT2D eigenvalue weighted by Crippen LogP contribution is -2.37. The smallest absolute Gasteiger partial charge is 0.305 e. The second-order valence-corrected chi connectivity index (χ2v) is 7.15. The number of aryl methyl sites for hydroxylation is 1. The molecule has 2 heterocycles. The molecule has 2 atom stereocenters. The summed E-state index contributed by atoms with van der Waals surface area (Å²) in [6.45, 7) is 2.29. The molecule has 22 heavy (non-hydrogen) atoms. The Hall–Kier alpha value is -1.12. The summed E-state index contributed by atoms with van der Waals surface area (Å²) in [6.07, 6.45) is 0.311. The fourth-order valence-corrected chi connectivity index (χ4v) is 4.35. The molecule has 0 radical (unpaired) electrons. The third-order valence-electron chi connectivity index (χ3n) is 3.75. The molecule has 0 aromatic carbocycles. The van der Waals surface area contributed by atoms with E-state index in [0.29, 0.717) is 23.6 Å². The Labute approximate surface area is 141 Å². The van der Waals surface area contributed by atoms with Crippen molar-refractivity contribution >= 4 is 39.1 Å². The van der Waals surface area contributed by atoms with Crippen molar-refractivity contribution in [3.8, 4) is 5.75 Å². The molecule has 0 spiro atoms. The van der Waals surface area contributed by atoms with Crippen molar-refractivity contribution in [2.24, 2.45) is 0 Å². The summed E-state index contributed by atoms with van der Waals surface area (Å²) < 4.78 is 11.4. The summed E-state index contributed by atoms with van der Waals surface area (Å²) in [5.41, 5.74) is 0. The number of thiophene rings is 1. The lowest BCUT2D eigenvalue weighted by molar-refractivity contribution is -0.137. The average molecular weight is 392 g/mol. The number of halogens is 1. The monoisotopic (exact) mass is 391 g/mol. The highest BCUT2D eigenvalue weighted by Gasteiger charge is 2.38. The SMILES string of the molecule is COc1c(C(=O)N2CC(OC)CC2CC(=O)O)sc(C)c1Br.